The minimum absolute atomic E-state index is 0.0490. The van der Waals surface area contributed by atoms with Crippen molar-refractivity contribution in [2.24, 2.45) is 5.92 Å². The summed E-state index contributed by atoms with van der Waals surface area (Å²) in [6.45, 7) is 8.88. The lowest BCUT2D eigenvalue weighted by atomic mass is 9.96. The van der Waals surface area contributed by atoms with E-state index in [1.165, 1.54) is 12.0 Å². The molecule has 2 amide bonds. The number of aromatic hydroxyl groups is 1. The van der Waals surface area contributed by atoms with Crippen LogP contribution in [0, 0.1) is 5.92 Å². The lowest BCUT2D eigenvalue weighted by Crippen LogP contribution is -2.53. The Morgan fingerprint density at radius 1 is 1.09 bits per heavy atom. The molecule has 0 bridgehead atoms. The Balaban J connectivity index is 2.03. The number of benzene rings is 2. The van der Waals surface area contributed by atoms with E-state index in [-0.39, 0.29) is 11.7 Å². The highest BCUT2D eigenvalue weighted by Crippen LogP contribution is 2.44. The van der Waals surface area contributed by atoms with E-state index >= 15 is 0 Å². The van der Waals surface area contributed by atoms with Crippen molar-refractivity contribution in [3.05, 3.63) is 42.0 Å². The van der Waals surface area contributed by atoms with Gasteiger partial charge in [-0.05, 0) is 56.4 Å². The van der Waals surface area contributed by atoms with Crippen LogP contribution in [0.25, 0.3) is 10.8 Å². The van der Waals surface area contributed by atoms with Crippen LogP contribution in [0.1, 0.15) is 59.1 Å². The van der Waals surface area contributed by atoms with Gasteiger partial charge in [-0.25, -0.2) is 9.59 Å². The minimum atomic E-state index is -0.871. The van der Waals surface area contributed by atoms with Crippen LogP contribution in [-0.2, 0) is 19.1 Å². The van der Waals surface area contributed by atoms with Crippen LogP contribution in [0.4, 0.5) is 4.79 Å². The third-order valence-corrected chi connectivity index (χ3v) is 5.99. The van der Waals surface area contributed by atoms with Gasteiger partial charge in [-0.15, -0.1) is 0 Å². The molecule has 1 unspecified atom stereocenters. The first kappa shape index (κ1) is 25.3. The van der Waals surface area contributed by atoms with Gasteiger partial charge in [0.15, 0.2) is 0 Å². The van der Waals surface area contributed by atoms with E-state index in [0.29, 0.717) is 18.4 Å². The van der Waals surface area contributed by atoms with Crippen molar-refractivity contribution in [1.29, 1.82) is 0 Å². The third kappa shape index (κ3) is 5.26. The number of ether oxygens (including phenoxy) is 2. The monoisotopic (exact) mass is 470 g/mol. The number of carbonyl (C=O) groups is 3. The van der Waals surface area contributed by atoms with E-state index < -0.39 is 41.7 Å². The molecule has 0 spiro atoms. The summed E-state index contributed by atoms with van der Waals surface area (Å²) >= 11 is 0. The Morgan fingerprint density at radius 2 is 1.76 bits per heavy atom. The van der Waals surface area contributed by atoms with Gasteiger partial charge in [0.1, 0.15) is 23.4 Å². The molecule has 3 rings (SSSR count). The van der Waals surface area contributed by atoms with Gasteiger partial charge < -0.3 is 19.9 Å². The molecule has 0 aromatic heterocycles. The summed E-state index contributed by atoms with van der Waals surface area (Å²) in [7, 11) is 1.27. The third-order valence-electron chi connectivity index (χ3n) is 5.99. The Morgan fingerprint density at radius 3 is 2.38 bits per heavy atom. The molecule has 0 radical (unpaired) electrons. The van der Waals surface area contributed by atoms with Crippen molar-refractivity contribution in [2.75, 3.05) is 7.11 Å². The van der Waals surface area contributed by atoms with Crippen molar-refractivity contribution in [2.45, 2.75) is 71.2 Å². The Labute approximate surface area is 200 Å². The molecule has 8 nitrogen and oxygen atoms in total. The van der Waals surface area contributed by atoms with Crippen LogP contribution in [-0.4, -0.2) is 52.8 Å². The van der Waals surface area contributed by atoms with Crippen molar-refractivity contribution in [1.82, 2.24) is 10.2 Å². The molecule has 34 heavy (non-hydrogen) atoms. The van der Waals surface area contributed by atoms with Crippen LogP contribution < -0.4 is 5.32 Å². The summed E-state index contributed by atoms with van der Waals surface area (Å²) in [6.07, 6.45) is 0.148. The van der Waals surface area contributed by atoms with E-state index in [1.807, 2.05) is 30.3 Å². The number of phenolic OH excluding ortho intramolecular Hbond substituents is 1. The number of phenols is 1. The Hall–Kier alpha value is -3.29. The van der Waals surface area contributed by atoms with Gasteiger partial charge in [0.2, 0.25) is 5.91 Å². The Kier molecular flexibility index (Phi) is 7.38. The van der Waals surface area contributed by atoms with E-state index in [0.717, 1.165) is 10.8 Å². The highest BCUT2D eigenvalue weighted by atomic mass is 16.6. The molecule has 8 heteroatoms. The summed E-state index contributed by atoms with van der Waals surface area (Å²) in [4.78, 5) is 40.3. The number of hydrogen-bond donors (Lipinski definition) is 2. The number of rotatable bonds is 5. The van der Waals surface area contributed by atoms with Gasteiger partial charge in [-0.2, -0.15) is 0 Å². The van der Waals surface area contributed by atoms with E-state index in [1.54, 1.807) is 40.7 Å². The van der Waals surface area contributed by atoms with Gasteiger partial charge in [-0.3, -0.25) is 9.69 Å². The maximum atomic E-state index is 13.4. The fourth-order valence-corrected chi connectivity index (χ4v) is 4.43. The normalized spacial score (nSPS) is 19.2. The SMILES string of the molecule is COC(=O)[C@@H](NC(=O)[C@@H]1CCC(c2c(O)ccc3ccccc23)N1C(=O)OC(C)(C)C)C(C)C. The number of esters is 1. The van der Waals surface area contributed by atoms with Gasteiger partial charge in [-0.1, -0.05) is 44.2 Å². The second-order valence-corrected chi connectivity index (χ2v) is 9.97. The molecule has 1 aliphatic heterocycles. The largest absolute Gasteiger partial charge is 0.508 e. The highest BCUT2D eigenvalue weighted by Gasteiger charge is 2.45. The summed E-state index contributed by atoms with van der Waals surface area (Å²) in [5, 5.41) is 15.3. The van der Waals surface area contributed by atoms with Crippen LogP contribution in [0.3, 0.4) is 0 Å². The summed E-state index contributed by atoms with van der Waals surface area (Å²) in [6, 6.07) is 8.71. The summed E-state index contributed by atoms with van der Waals surface area (Å²) in [5.41, 5.74) is -0.203. The molecule has 1 saturated heterocycles. The number of likely N-dealkylation sites (tertiary alicyclic amines) is 1. The molecule has 0 aliphatic carbocycles. The minimum Gasteiger partial charge on any atom is -0.508 e. The first-order valence-electron chi connectivity index (χ1n) is 11.5. The number of nitrogens with zero attached hydrogens (tertiary/aromatic N) is 1. The van der Waals surface area contributed by atoms with E-state index in [2.05, 4.69) is 5.32 Å². The van der Waals surface area contributed by atoms with Crippen molar-refractivity contribution in [3.8, 4) is 5.75 Å². The first-order valence-corrected chi connectivity index (χ1v) is 11.5. The van der Waals surface area contributed by atoms with Crippen LogP contribution >= 0.6 is 0 Å². The second-order valence-electron chi connectivity index (χ2n) is 9.97. The van der Waals surface area contributed by atoms with Crippen molar-refractivity contribution >= 4 is 28.7 Å². The predicted molar refractivity (Wildman–Crippen MR) is 128 cm³/mol. The van der Waals surface area contributed by atoms with Crippen molar-refractivity contribution in [3.63, 3.8) is 0 Å². The second kappa shape index (κ2) is 9.91. The van der Waals surface area contributed by atoms with Gasteiger partial charge in [0, 0.05) is 5.56 Å². The van der Waals surface area contributed by atoms with Crippen molar-refractivity contribution < 1.29 is 29.0 Å². The number of nitrogens with one attached hydrogen (secondary N) is 1. The Bertz CT molecular complexity index is 1070. The zero-order valence-corrected chi connectivity index (χ0v) is 20.6. The van der Waals surface area contributed by atoms with Crippen LogP contribution in [0.15, 0.2) is 36.4 Å². The molecule has 1 aliphatic rings. The fourth-order valence-electron chi connectivity index (χ4n) is 4.43. The molecular weight excluding hydrogens is 436 g/mol. The first-order chi connectivity index (χ1) is 15.9. The molecule has 3 atom stereocenters. The van der Waals surface area contributed by atoms with Gasteiger partial charge in [0.05, 0.1) is 13.2 Å². The molecule has 1 heterocycles. The zero-order valence-electron chi connectivity index (χ0n) is 20.6. The standard InChI is InChI=1S/C26H34N2O6/c1-15(2)22(24(31)33-6)27-23(30)19-13-12-18(28(19)25(32)34-26(3,4)5)21-17-10-8-7-9-16(17)11-14-20(21)29/h7-11,14-15,18-19,22,29H,12-13H2,1-6H3,(H,27,30)/t18?,19-,22-/m0/s1. The molecule has 0 saturated carbocycles. The van der Waals surface area contributed by atoms with E-state index in [9.17, 15) is 19.5 Å². The number of amides is 2. The number of hydrogen-bond acceptors (Lipinski definition) is 6. The fraction of sp³-hybridized carbons (Fsp3) is 0.500. The van der Waals surface area contributed by atoms with Gasteiger partial charge in [0.25, 0.3) is 0 Å². The topological polar surface area (TPSA) is 105 Å². The average molecular weight is 471 g/mol. The number of carbonyl (C=O) groups excluding carboxylic acids is 3. The molecule has 184 valence electrons. The quantitative estimate of drug-likeness (QED) is 0.632. The molecule has 2 aromatic carbocycles. The molecular formula is C26H34N2O6. The molecule has 1 fully saturated rings. The highest BCUT2D eigenvalue weighted by molar-refractivity contribution is 5.92. The van der Waals surface area contributed by atoms with E-state index in [4.69, 9.17) is 9.47 Å². The smallest absolute Gasteiger partial charge is 0.411 e. The molecule has 2 aromatic rings. The zero-order chi connectivity index (χ0) is 25.2. The lowest BCUT2D eigenvalue weighted by Gasteiger charge is -2.33. The maximum Gasteiger partial charge on any atom is 0.411 e. The molecule has 2 N–H and O–H groups in total. The van der Waals surface area contributed by atoms with Crippen LogP contribution in [0.5, 0.6) is 5.75 Å². The predicted octanol–water partition coefficient (Wildman–Crippen LogP) is 4.30. The van der Waals surface area contributed by atoms with Gasteiger partial charge >= 0.3 is 12.1 Å². The number of fused-ring (bicyclic) bond motifs is 1. The lowest BCUT2D eigenvalue weighted by molar-refractivity contribution is -0.147. The average Bonchev–Trinajstić information content (AvgIpc) is 3.20. The van der Waals surface area contributed by atoms with Crippen LogP contribution in [0.2, 0.25) is 0 Å². The maximum absolute atomic E-state index is 13.4. The summed E-state index contributed by atoms with van der Waals surface area (Å²) < 4.78 is 10.5. The number of methoxy groups -OCH3 is 1. The summed E-state index contributed by atoms with van der Waals surface area (Å²) in [5.74, 6) is -1.16.